The Kier molecular flexibility index (Phi) is 4.42. The van der Waals surface area contributed by atoms with Crippen molar-refractivity contribution in [1.82, 2.24) is 10.2 Å². The Labute approximate surface area is 105 Å². The van der Waals surface area contributed by atoms with Gasteiger partial charge in [-0.2, -0.15) is 0 Å². The SMILES string of the molecule is CCCNC1CCC2(CC1N(C)C)OCCO2. The van der Waals surface area contributed by atoms with Crippen LogP contribution in [0.4, 0.5) is 0 Å². The summed E-state index contributed by atoms with van der Waals surface area (Å²) >= 11 is 0. The van der Waals surface area contributed by atoms with E-state index in [1.54, 1.807) is 0 Å². The van der Waals surface area contributed by atoms with Gasteiger partial charge in [0, 0.05) is 24.9 Å². The lowest BCUT2D eigenvalue weighted by molar-refractivity contribution is -0.191. The first-order valence-corrected chi connectivity index (χ1v) is 6.84. The molecule has 2 unspecified atom stereocenters. The van der Waals surface area contributed by atoms with Gasteiger partial charge in [0.15, 0.2) is 5.79 Å². The molecule has 4 heteroatoms. The highest BCUT2D eigenvalue weighted by molar-refractivity contribution is 4.95. The Morgan fingerprint density at radius 1 is 1.29 bits per heavy atom. The molecule has 1 spiro atoms. The van der Waals surface area contributed by atoms with Gasteiger partial charge in [0.2, 0.25) is 0 Å². The fraction of sp³-hybridized carbons (Fsp3) is 1.00. The molecule has 17 heavy (non-hydrogen) atoms. The number of ether oxygens (including phenoxy) is 2. The highest BCUT2D eigenvalue weighted by atomic mass is 16.7. The zero-order valence-electron chi connectivity index (χ0n) is 11.4. The van der Waals surface area contributed by atoms with E-state index in [9.17, 15) is 0 Å². The molecule has 1 heterocycles. The number of likely N-dealkylation sites (N-methyl/N-ethyl adjacent to an activating group) is 1. The van der Waals surface area contributed by atoms with Crippen molar-refractivity contribution in [3.63, 3.8) is 0 Å². The van der Waals surface area contributed by atoms with E-state index in [4.69, 9.17) is 9.47 Å². The predicted molar refractivity (Wildman–Crippen MR) is 68.0 cm³/mol. The van der Waals surface area contributed by atoms with Crippen LogP contribution in [0.15, 0.2) is 0 Å². The highest BCUT2D eigenvalue weighted by Crippen LogP contribution is 2.37. The summed E-state index contributed by atoms with van der Waals surface area (Å²) in [5, 5.41) is 3.66. The van der Waals surface area contributed by atoms with Gasteiger partial charge in [0.25, 0.3) is 0 Å². The minimum Gasteiger partial charge on any atom is -0.347 e. The Morgan fingerprint density at radius 2 is 2.00 bits per heavy atom. The van der Waals surface area contributed by atoms with Gasteiger partial charge in [-0.25, -0.2) is 0 Å². The van der Waals surface area contributed by atoms with E-state index in [1.165, 1.54) is 6.42 Å². The molecule has 0 amide bonds. The molecule has 1 aliphatic carbocycles. The molecular formula is C13H26N2O2. The fourth-order valence-corrected chi connectivity index (χ4v) is 3.00. The monoisotopic (exact) mass is 242 g/mol. The van der Waals surface area contributed by atoms with Crippen molar-refractivity contribution >= 4 is 0 Å². The molecule has 1 saturated carbocycles. The smallest absolute Gasteiger partial charge is 0.170 e. The van der Waals surface area contributed by atoms with Crippen LogP contribution in [0.3, 0.4) is 0 Å². The maximum absolute atomic E-state index is 5.84. The predicted octanol–water partition coefficient (Wildman–Crippen LogP) is 1.21. The number of hydrogen-bond donors (Lipinski definition) is 1. The summed E-state index contributed by atoms with van der Waals surface area (Å²) in [7, 11) is 4.30. The van der Waals surface area contributed by atoms with Gasteiger partial charge in [-0.15, -0.1) is 0 Å². The van der Waals surface area contributed by atoms with Crippen molar-refractivity contribution in [2.75, 3.05) is 33.9 Å². The normalized spacial score (nSPS) is 32.5. The van der Waals surface area contributed by atoms with Gasteiger partial charge in [-0.3, -0.25) is 0 Å². The molecule has 0 aromatic heterocycles. The molecule has 1 aliphatic heterocycles. The van der Waals surface area contributed by atoms with Crippen LogP contribution in [-0.2, 0) is 9.47 Å². The van der Waals surface area contributed by atoms with Crippen LogP contribution in [0.1, 0.15) is 32.6 Å². The van der Waals surface area contributed by atoms with Crippen molar-refractivity contribution in [1.29, 1.82) is 0 Å². The van der Waals surface area contributed by atoms with Gasteiger partial charge in [0.05, 0.1) is 13.2 Å². The van der Waals surface area contributed by atoms with Crippen molar-refractivity contribution < 1.29 is 9.47 Å². The zero-order chi connectivity index (χ0) is 12.3. The molecule has 2 atom stereocenters. The average molecular weight is 242 g/mol. The maximum atomic E-state index is 5.84. The summed E-state index contributed by atoms with van der Waals surface area (Å²) in [6, 6.07) is 1.08. The van der Waals surface area contributed by atoms with Crippen LogP contribution in [-0.4, -0.2) is 56.6 Å². The highest BCUT2D eigenvalue weighted by Gasteiger charge is 2.45. The van der Waals surface area contributed by atoms with Crippen LogP contribution in [0.5, 0.6) is 0 Å². The first-order valence-electron chi connectivity index (χ1n) is 6.84. The topological polar surface area (TPSA) is 33.7 Å². The summed E-state index contributed by atoms with van der Waals surface area (Å²) in [5.41, 5.74) is 0. The van der Waals surface area contributed by atoms with Crippen LogP contribution in [0.2, 0.25) is 0 Å². The van der Waals surface area contributed by atoms with Crippen LogP contribution in [0, 0.1) is 0 Å². The Balaban J connectivity index is 1.97. The summed E-state index contributed by atoms with van der Waals surface area (Å²) < 4.78 is 11.7. The van der Waals surface area contributed by atoms with Gasteiger partial charge in [0.1, 0.15) is 0 Å². The summed E-state index contributed by atoms with van der Waals surface area (Å²) in [6.45, 7) is 4.83. The van der Waals surface area contributed by atoms with Crippen molar-refractivity contribution in [3.05, 3.63) is 0 Å². The third-order valence-corrected chi connectivity index (χ3v) is 3.95. The van der Waals surface area contributed by atoms with Gasteiger partial charge in [-0.05, 0) is 33.5 Å². The molecule has 2 rings (SSSR count). The van der Waals surface area contributed by atoms with E-state index in [1.807, 2.05) is 0 Å². The number of hydrogen-bond acceptors (Lipinski definition) is 4. The standard InChI is InChI=1S/C13H26N2O2/c1-4-7-14-11-5-6-13(16-8-9-17-13)10-12(11)15(2)3/h11-12,14H,4-10H2,1-3H3. The van der Waals surface area contributed by atoms with E-state index < -0.39 is 0 Å². The minimum absolute atomic E-state index is 0.278. The summed E-state index contributed by atoms with van der Waals surface area (Å²) in [5.74, 6) is -0.278. The quantitative estimate of drug-likeness (QED) is 0.803. The largest absolute Gasteiger partial charge is 0.347 e. The maximum Gasteiger partial charge on any atom is 0.170 e. The lowest BCUT2D eigenvalue weighted by Crippen LogP contribution is -2.56. The van der Waals surface area contributed by atoms with E-state index in [2.05, 4.69) is 31.2 Å². The zero-order valence-corrected chi connectivity index (χ0v) is 11.4. The van der Waals surface area contributed by atoms with Crippen molar-refractivity contribution in [2.24, 2.45) is 0 Å². The Morgan fingerprint density at radius 3 is 2.59 bits per heavy atom. The third kappa shape index (κ3) is 2.99. The van der Waals surface area contributed by atoms with Gasteiger partial charge < -0.3 is 19.7 Å². The van der Waals surface area contributed by atoms with Crippen molar-refractivity contribution in [2.45, 2.75) is 50.5 Å². The van der Waals surface area contributed by atoms with Gasteiger partial charge >= 0.3 is 0 Å². The number of rotatable bonds is 4. The first kappa shape index (κ1) is 13.3. The van der Waals surface area contributed by atoms with E-state index in [-0.39, 0.29) is 5.79 Å². The second-order valence-electron chi connectivity index (χ2n) is 5.44. The number of nitrogens with zero attached hydrogens (tertiary/aromatic N) is 1. The van der Waals surface area contributed by atoms with E-state index in [0.29, 0.717) is 12.1 Å². The first-order chi connectivity index (χ1) is 8.17. The second-order valence-corrected chi connectivity index (χ2v) is 5.44. The van der Waals surface area contributed by atoms with Crippen LogP contribution >= 0.6 is 0 Å². The number of nitrogens with one attached hydrogen (secondary N) is 1. The molecule has 2 fully saturated rings. The summed E-state index contributed by atoms with van der Waals surface area (Å²) in [4.78, 5) is 2.30. The van der Waals surface area contributed by atoms with E-state index >= 15 is 0 Å². The lowest BCUT2D eigenvalue weighted by atomic mass is 9.85. The molecule has 2 aliphatic rings. The average Bonchev–Trinajstić information content (AvgIpc) is 2.76. The third-order valence-electron chi connectivity index (χ3n) is 3.95. The van der Waals surface area contributed by atoms with E-state index in [0.717, 1.165) is 39.0 Å². The Hall–Kier alpha value is -0.160. The van der Waals surface area contributed by atoms with Crippen molar-refractivity contribution in [3.8, 4) is 0 Å². The molecule has 0 radical (unpaired) electrons. The van der Waals surface area contributed by atoms with Crippen LogP contribution < -0.4 is 5.32 Å². The van der Waals surface area contributed by atoms with Crippen LogP contribution in [0.25, 0.3) is 0 Å². The fourth-order valence-electron chi connectivity index (χ4n) is 3.00. The summed E-state index contributed by atoms with van der Waals surface area (Å²) in [6.07, 6.45) is 4.34. The molecule has 4 nitrogen and oxygen atoms in total. The molecule has 0 bridgehead atoms. The minimum atomic E-state index is -0.278. The Bertz CT molecular complexity index is 240. The molecular weight excluding hydrogens is 216 g/mol. The molecule has 100 valence electrons. The lowest BCUT2D eigenvalue weighted by Gasteiger charge is -2.44. The molecule has 1 saturated heterocycles. The van der Waals surface area contributed by atoms with Gasteiger partial charge in [-0.1, -0.05) is 6.92 Å². The second kappa shape index (κ2) is 5.65. The molecule has 1 N–H and O–H groups in total. The molecule has 0 aromatic rings. The molecule has 0 aromatic carbocycles.